The van der Waals surface area contributed by atoms with Crippen LogP contribution in [0.15, 0.2) is 10.5 Å². The van der Waals surface area contributed by atoms with E-state index in [0.29, 0.717) is 0 Å². The number of furan rings is 1. The quantitative estimate of drug-likeness (QED) is 0.822. The summed E-state index contributed by atoms with van der Waals surface area (Å²) < 4.78 is 5.54. The zero-order chi connectivity index (χ0) is 13.0. The Morgan fingerprint density at radius 1 is 1.41 bits per heavy atom. The average molecular weight is 257 g/mol. The molecule has 3 atom stereocenters. The maximum absolute atomic E-state index is 9.26. The lowest BCUT2D eigenvalue weighted by atomic mass is 10.1. The van der Waals surface area contributed by atoms with E-state index in [0.717, 1.165) is 11.5 Å². The Kier molecular flexibility index (Phi) is 5.56. The molecule has 0 spiro atoms. The van der Waals surface area contributed by atoms with Crippen LogP contribution in [-0.4, -0.2) is 29.3 Å². The number of nitrogens with one attached hydrogen (secondary N) is 1. The summed E-state index contributed by atoms with van der Waals surface area (Å²) in [5, 5.41) is 13.0. The third-order valence-corrected chi connectivity index (χ3v) is 4.26. The fourth-order valence-corrected chi connectivity index (χ4v) is 2.74. The Balaban J connectivity index is 2.65. The van der Waals surface area contributed by atoms with Crippen molar-refractivity contribution >= 4 is 11.8 Å². The van der Waals surface area contributed by atoms with Gasteiger partial charge >= 0.3 is 0 Å². The van der Waals surface area contributed by atoms with Crippen LogP contribution >= 0.6 is 11.8 Å². The standard InChI is InChI=1S/C13H23NO2S/c1-8-6-12(11(4)16-8)9(2)14-10(3)13(7-15)17-5/h6,9-10,13-15H,7H2,1-5H3. The molecule has 0 radical (unpaired) electrons. The van der Waals surface area contributed by atoms with E-state index in [-0.39, 0.29) is 23.9 Å². The maximum Gasteiger partial charge on any atom is 0.105 e. The van der Waals surface area contributed by atoms with Gasteiger partial charge in [0.05, 0.1) is 6.61 Å². The monoisotopic (exact) mass is 257 g/mol. The SMILES string of the molecule is CSC(CO)C(C)NC(C)c1cc(C)oc1C. The van der Waals surface area contributed by atoms with Crippen LogP contribution in [0.5, 0.6) is 0 Å². The number of hydrogen-bond acceptors (Lipinski definition) is 4. The summed E-state index contributed by atoms with van der Waals surface area (Å²) in [5.41, 5.74) is 1.20. The molecule has 0 aliphatic carbocycles. The molecule has 1 aromatic rings. The van der Waals surface area contributed by atoms with Gasteiger partial charge in [-0.1, -0.05) is 0 Å². The Morgan fingerprint density at radius 3 is 2.47 bits per heavy atom. The minimum atomic E-state index is 0.200. The van der Waals surface area contributed by atoms with Gasteiger partial charge in [0.15, 0.2) is 0 Å². The van der Waals surface area contributed by atoms with E-state index in [9.17, 15) is 5.11 Å². The molecule has 0 amide bonds. The number of hydrogen-bond donors (Lipinski definition) is 2. The molecule has 1 rings (SSSR count). The van der Waals surface area contributed by atoms with Gasteiger partial charge < -0.3 is 14.8 Å². The lowest BCUT2D eigenvalue weighted by Gasteiger charge is -2.25. The first kappa shape index (κ1) is 14.6. The topological polar surface area (TPSA) is 45.4 Å². The minimum absolute atomic E-state index is 0.200. The molecule has 0 saturated carbocycles. The first-order valence-corrected chi connectivity index (χ1v) is 7.25. The highest BCUT2D eigenvalue weighted by atomic mass is 32.2. The minimum Gasteiger partial charge on any atom is -0.466 e. The molecule has 0 aliphatic heterocycles. The molecule has 17 heavy (non-hydrogen) atoms. The second-order valence-electron chi connectivity index (χ2n) is 4.50. The van der Waals surface area contributed by atoms with Crippen LogP contribution in [0.3, 0.4) is 0 Å². The number of aliphatic hydroxyl groups excluding tert-OH is 1. The van der Waals surface area contributed by atoms with Crippen molar-refractivity contribution in [2.75, 3.05) is 12.9 Å². The van der Waals surface area contributed by atoms with Gasteiger partial charge in [-0.25, -0.2) is 0 Å². The van der Waals surface area contributed by atoms with E-state index in [1.165, 1.54) is 5.56 Å². The fraction of sp³-hybridized carbons (Fsp3) is 0.692. The summed E-state index contributed by atoms with van der Waals surface area (Å²) in [6.45, 7) is 8.39. The first-order chi connectivity index (χ1) is 7.99. The van der Waals surface area contributed by atoms with Crippen molar-refractivity contribution in [2.24, 2.45) is 0 Å². The zero-order valence-electron chi connectivity index (χ0n) is 11.3. The Hall–Kier alpha value is -0.450. The van der Waals surface area contributed by atoms with Crippen LogP contribution in [0, 0.1) is 13.8 Å². The lowest BCUT2D eigenvalue weighted by molar-refractivity contribution is 0.271. The first-order valence-electron chi connectivity index (χ1n) is 5.96. The van der Waals surface area contributed by atoms with Crippen LogP contribution in [0.2, 0.25) is 0 Å². The van der Waals surface area contributed by atoms with E-state index in [1.54, 1.807) is 11.8 Å². The normalized spacial score (nSPS) is 16.8. The van der Waals surface area contributed by atoms with Gasteiger partial charge in [-0.3, -0.25) is 0 Å². The summed E-state index contributed by atoms with van der Waals surface area (Å²) in [6, 6.07) is 2.58. The molecule has 0 fully saturated rings. The molecule has 3 nitrogen and oxygen atoms in total. The van der Waals surface area contributed by atoms with Crippen LogP contribution in [-0.2, 0) is 0 Å². The molecule has 98 valence electrons. The number of rotatable bonds is 6. The third kappa shape index (κ3) is 3.76. The highest BCUT2D eigenvalue weighted by Crippen LogP contribution is 2.22. The van der Waals surface area contributed by atoms with Gasteiger partial charge in [-0.05, 0) is 40.0 Å². The lowest BCUT2D eigenvalue weighted by Crippen LogP contribution is -2.39. The molecule has 0 bridgehead atoms. The van der Waals surface area contributed by atoms with Crippen LogP contribution in [0.4, 0.5) is 0 Å². The zero-order valence-corrected chi connectivity index (χ0v) is 12.1. The van der Waals surface area contributed by atoms with Gasteiger partial charge in [-0.2, -0.15) is 11.8 Å². The Morgan fingerprint density at radius 2 is 2.06 bits per heavy atom. The summed E-state index contributed by atoms with van der Waals surface area (Å²) in [4.78, 5) is 0. The third-order valence-electron chi connectivity index (χ3n) is 3.10. The molecule has 2 N–H and O–H groups in total. The van der Waals surface area contributed by atoms with Gasteiger partial charge in [0.2, 0.25) is 0 Å². The molecule has 1 aromatic heterocycles. The average Bonchev–Trinajstić information content (AvgIpc) is 2.59. The predicted octanol–water partition coefficient (Wildman–Crippen LogP) is 2.66. The van der Waals surface area contributed by atoms with Crippen LogP contribution in [0.1, 0.15) is 37.0 Å². The van der Waals surface area contributed by atoms with E-state index in [1.807, 2.05) is 20.1 Å². The van der Waals surface area contributed by atoms with Crippen molar-refractivity contribution in [1.29, 1.82) is 0 Å². The molecule has 3 unspecified atom stereocenters. The number of aryl methyl sites for hydroxylation is 2. The summed E-state index contributed by atoms with van der Waals surface area (Å²) in [7, 11) is 0. The molecule has 4 heteroatoms. The molecule has 1 heterocycles. The summed E-state index contributed by atoms with van der Waals surface area (Å²) in [6.07, 6.45) is 2.02. The van der Waals surface area contributed by atoms with E-state index in [2.05, 4.69) is 25.2 Å². The molecule has 0 saturated heterocycles. The van der Waals surface area contributed by atoms with Gasteiger partial charge in [0.1, 0.15) is 11.5 Å². The number of thioether (sulfide) groups is 1. The van der Waals surface area contributed by atoms with E-state index in [4.69, 9.17) is 4.42 Å². The highest BCUT2D eigenvalue weighted by molar-refractivity contribution is 7.99. The largest absolute Gasteiger partial charge is 0.466 e. The predicted molar refractivity (Wildman–Crippen MR) is 73.6 cm³/mol. The molecule has 0 aliphatic rings. The Labute approximate surface area is 108 Å². The van der Waals surface area contributed by atoms with Crippen molar-refractivity contribution in [3.8, 4) is 0 Å². The van der Waals surface area contributed by atoms with Gasteiger partial charge in [0.25, 0.3) is 0 Å². The second kappa shape index (κ2) is 6.47. The van der Waals surface area contributed by atoms with Crippen molar-refractivity contribution in [1.82, 2.24) is 5.32 Å². The smallest absolute Gasteiger partial charge is 0.105 e. The maximum atomic E-state index is 9.26. The highest BCUT2D eigenvalue weighted by Gasteiger charge is 2.19. The fourth-order valence-electron chi connectivity index (χ4n) is 2.11. The van der Waals surface area contributed by atoms with Crippen molar-refractivity contribution in [3.63, 3.8) is 0 Å². The second-order valence-corrected chi connectivity index (χ2v) is 5.58. The Bertz CT molecular complexity index is 347. The van der Waals surface area contributed by atoms with Crippen molar-refractivity contribution in [2.45, 2.75) is 45.0 Å². The molecule has 0 aromatic carbocycles. The molecular formula is C13H23NO2S. The van der Waals surface area contributed by atoms with Gasteiger partial charge in [-0.15, -0.1) is 0 Å². The van der Waals surface area contributed by atoms with E-state index < -0.39 is 0 Å². The van der Waals surface area contributed by atoms with Crippen LogP contribution in [0.25, 0.3) is 0 Å². The summed E-state index contributed by atoms with van der Waals surface area (Å²) in [5.74, 6) is 1.92. The summed E-state index contributed by atoms with van der Waals surface area (Å²) >= 11 is 1.69. The van der Waals surface area contributed by atoms with E-state index >= 15 is 0 Å². The van der Waals surface area contributed by atoms with Crippen molar-refractivity contribution < 1.29 is 9.52 Å². The number of aliphatic hydroxyl groups is 1. The molecular weight excluding hydrogens is 234 g/mol. The van der Waals surface area contributed by atoms with Gasteiger partial charge in [0, 0.05) is 22.9 Å². The van der Waals surface area contributed by atoms with Crippen LogP contribution < -0.4 is 5.32 Å². The van der Waals surface area contributed by atoms with Crippen molar-refractivity contribution in [3.05, 3.63) is 23.2 Å².